The van der Waals surface area contributed by atoms with E-state index in [-0.39, 0.29) is 0 Å². The van der Waals surface area contributed by atoms with Gasteiger partial charge in [-0.15, -0.1) is 0 Å². The van der Waals surface area contributed by atoms with Crippen molar-refractivity contribution in [3.8, 4) is 6.07 Å². The Morgan fingerprint density at radius 1 is 1.31 bits per heavy atom. The molecule has 84 valence electrons. The highest BCUT2D eigenvalue weighted by Gasteiger charge is 2.31. The van der Waals surface area contributed by atoms with Gasteiger partial charge in [-0.05, 0) is 50.9 Å². The number of hydrogen-bond acceptors (Lipinski definition) is 2. The molecule has 1 aromatic rings. The molecule has 1 saturated heterocycles. The van der Waals surface area contributed by atoms with Crippen molar-refractivity contribution in [1.82, 2.24) is 4.90 Å². The first-order valence-electron chi connectivity index (χ1n) is 5.86. The molecule has 16 heavy (non-hydrogen) atoms. The van der Waals surface area contributed by atoms with E-state index in [9.17, 15) is 0 Å². The van der Waals surface area contributed by atoms with E-state index in [1.165, 1.54) is 24.9 Å². The molecule has 1 aromatic carbocycles. The zero-order valence-corrected chi connectivity index (χ0v) is 10.0. The molecule has 0 spiro atoms. The lowest BCUT2D eigenvalue weighted by molar-refractivity contribution is 0.166. The quantitative estimate of drug-likeness (QED) is 0.757. The molecule has 0 aromatic heterocycles. The van der Waals surface area contributed by atoms with Gasteiger partial charge in [0.25, 0.3) is 0 Å². The molecule has 2 rings (SSSR count). The largest absolute Gasteiger partial charge is 0.294 e. The van der Waals surface area contributed by atoms with Crippen LogP contribution < -0.4 is 0 Å². The fourth-order valence-corrected chi connectivity index (χ4v) is 2.36. The van der Waals surface area contributed by atoms with Crippen LogP contribution in [0.5, 0.6) is 0 Å². The van der Waals surface area contributed by atoms with Crippen molar-refractivity contribution in [2.24, 2.45) is 0 Å². The van der Waals surface area contributed by atoms with Gasteiger partial charge in [0.15, 0.2) is 0 Å². The zero-order valence-electron chi connectivity index (χ0n) is 10.0. The molecule has 0 N–H and O–H groups in total. The summed E-state index contributed by atoms with van der Waals surface area (Å²) in [7, 11) is 0. The summed E-state index contributed by atoms with van der Waals surface area (Å²) in [5.74, 6) is 0. The molecule has 0 atom stereocenters. The Bertz CT molecular complexity index is 398. The van der Waals surface area contributed by atoms with Crippen LogP contribution in [0.15, 0.2) is 24.3 Å². The number of likely N-dealkylation sites (tertiary alicyclic amines) is 1. The van der Waals surface area contributed by atoms with Gasteiger partial charge in [-0.2, -0.15) is 5.26 Å². The number of nitriles is 1. The van der Waals surface area contributed by atoms with Crippen LogP contribution in [0.1, 0.15) is 37.8 Å². The first kappa shape index (κ1) is 11.2. The molecule has 0 aliphatic carbocycles. The van der Waals surface area contributed by atoms with Gasteiger partial charge >= 0.3 is 0 Å². The minimum absolute atomic E-state index is 0.327. The van der Waals surface area contributed by atoms with Crippen molar-refractivity contribution in [2.75, 3.05) is 6.54 Å². The maximum absolute atomic E-state index is 8.74. The molecule has 0 bridgehead atoms. The SMILES string of the molecule is CC1(C)CCCN1Cc1ccc(C#N)cc1. The van der Waals surface area contributed by atoms with Crippen LogP contribution in [-0.2, 0) is 6.54 Å². The molecule has 2 heteroatoms. The van der Waals surface area contributed by atoms with E-state index in [0.29, 0.717) is 5.54 Å². The lowest BCUT2D eigenvalue weighted by atomic mass is 10.0. The minimum atomic E-state index is 0.327. The summed E-state index contributed by atoms with van der Waals surface area (Å²) in [6.45, 7) is 6.80. The van der Waals surface area contributed by atoms with Crippen molar-refractivity contribution in [2.45, 2.75) is 38.8 Å². The van der Waals surface area contributed by atoms with Crippen LogP contribution in [0.3, 0.4) is 0 Å². The third-order valence-corrected chi connectivity index (χ3v) is 3.53. The van der Waals surface area contributed by atoms with Crippen LogP contribution in [0.4, 0.5) is 0 Å². The van der Waals surface area contributed by atoms with Gasteiger partial charge in [-0.25, -0.2) is 0 Å². The first-order chi connectivity index (χ1) is 7.62. The second-order valence-electron chi connectivity index (χ2n) is 5.15. The van der Waals surface area contributed by atoms with Gasteiger partial charge in [-0.3, -0.25) is 4.90 Å². The molecule has 2 nitrogen and oxygen atoms in total. The Kier molecular flexibility index (Phi) is 2.98. The first-order valence-corrected chi connectivity index (χ1v) is 5.86. The Labute approximate surface area is 97.5 Å². The van der Waals surface area contributed by atoms with E-state index in [2.05, 4.69) is 36.9 Å². The third kappa shape index (κ3) is 2.25. The average Bonchev–Trinajstić information content (AvgIpc) is 2.59. The predicted molar refractivity (Wildman–Crippen MR) is 64.9 cm³/mol. The summed E-state index contributed by atoms with van der Waals surface area (Å²) in [5, 5.41) is 8.74. The van der Waals surface area contributed by atoms with Gasteiger partial charge in [0.2, 0.25) is 0 Å². The molecular weight excluding hydrogens is 196 g/mol. The van der Waals surface area contributed by atoms with Crippen molar-refractivity contribution in [3.63, 3.8) is 0 Å². The second-order valence-corrected chi connectivity index (χ2v) is 5.15. The predicted octanol–water partition coefficient (Wildman–Crippen LogP) is 2.93. The molecule has 0 unspecified atom stereocenters. The van der Waals surface area contributed by atoms with Gasteiger partial charge in [0.1, 0.15) is 0 Å². The fraction of sp³-hybridized carbons (Fsp3) is 0.500. The molecule has 0 amide bonds. The van der Waals surface area contributed by atoms with Gasteiger partial charge in [-0.1, -0.05) is 12.1 Å². The smallest absolute Gasteiger partial charge is 0.0991 e. The van der Waals surface area contributed by atoms with Crippen LogP contribution in [0.2, 0.25) is 0 Å². The number of rotatable bonds is 2. The Balaban J connectivity index is 2.07. The van der Waals surface area contributed by atoms with Crippen LogP contribution in [0.25, 0.3) is 0 Å². The van der Waals surface area contributed by atoms with E-state index < -0.39 is 0 Å². The summed E-state index contributed by atoms with van der Waals surface area (Å²) in [5.41, 5.74) is 2.37. The highest BCUT2D eigenvalue weighted by atomic mass is 15.2. The average molecular weight is 214 g/mol. The lowest BCUT2D eigenvalue weighted by Crippen LogP contribution is -2.37. The summed E-state index contributed by atoms with van der Waals surface area (Å²) in [4.78, 5) is 2.52. The number of hydrogen-bond donors (Lipinski definition) is 0. The topological polar surface area (TPSA) is 27.0 Å². The van der Waals surface area contributed by atoms with Crippen molar-refractivity contribution >= 4 is 0 Å². The Morgan fingerprint density at radius 3 is 2.50 bits per heavy atom. The highest BCUT2D eigenvalue weighted by molar-refractivity contribution is 5.31. The molecular formula is C14H18N2. The Hall–Kier alpha value is -1.33. The van der Waals surface area contributed by atoms with Crippen molar-refractivity contribution in [1.29, 1.82) is 5.26 Å². The van der Waals surface area contributed by atoms with E-state index in [4.69, 9.17) is 5.26 Å². The molecule has 1 aliphatic heterocycles. The molecule has 1 heterocycles. The summed E-state index contributed by atoms with van der Waals surface area (Å²) in [6.07, 6.45) is 2.58. The van der Waals surface area contributed by atoms with Crippen LogP contribution in [0, 0.1) is 11.3 Å². The monoisotopic (exact) mass is 214 g/mol. The maximum Gasteiger partial charge on any atom is 0.0991 e. The second kappa shape index (κ2) is 4.27. The molecule has 1 fully saturated rings. The number of benzene rings is 1. The summed E-state index contributed by atoms with van der Waals surface area (Å²) in [6, 6.07) is 10.1. The van der Waals surface area contributed by atoms with E-state index >= 15 is 0 Å². The zero-order chi connectivity index (χ0) is 11.6. The van der Waals surface area contributed by atoms with E-state index in [0.717, 1.165) is 12.1 Å². The van der Waals surface area contributed by atoms with Crippen molar-refractivity contribution in [3.05, 3.63) is 35.4 Å². The Morgan fingerprint density at radius 2 is 2.00 bits per heavy atom. The van der Waals surface area contributed by atoms with E-state index in [1.807, 2.05) is 12.1 Å². The maximum atomic E-state index is 8.74. The number of nitrogens with zero attached hydrogens (tertiary/aromatic N) is 2. The molecule has 0 radical (unpaired) electrons. The van der Waals surface area contributed by atoms with Gasteiger partial charge in [0, 0.05) is 12.1 Å². The standard InChI is InChI=1S/C14H18N2/c1-14(2)8-3-9-16(14)11-13-6-4-12(10-15)5-7-13/h4-7H,3,8-9,11H2,1-2H3. The third-order valence-electron chi connectivity index (χ3n) is 3.53. The molecule has 1 aliphatic rings. The molecule has 0 saturated carbocycles. The fourth-order valence-electron chi connectivity index (χ4n) is 2.36. The minimum Gasteiger partial charge on any atom is -0.294 e. The normalized spacial score (nSPS) is 19.6. The van der Waals surface area contributed by atoms with Gasteiger partial charge in [0.05, 0.1) is 11.6 Å². The lowest BCUT2D eigenvalue weighted by Gasteiger charge is -2.31. The summed E-state index contributed by atoms with van der Waals surface area (Å²) < 4.78 is 0. The van der Waals surface area contributed by atoms with Crippen LogP contribution in [-0.4, -0.2) is 17.0 Å². The van der Waals surface area contributed by atoms with Crippen molar-refractivity contribution < 1.29 is 0 Å². The summed E-state index contributed by atoms with van der Waals surface area (Å²) >= 11 is 0. The van der Waals surface area contributed by atoms with Crippen LogP contribution >= 0.6 is 0 Å². The highest BCUT2D eigenvalue weighted by Crippen LogP contribution is 2.29. The van der Waals surface area contributed by atoms with Gasteiger partial charge < -0.3 is 0 Å². The van der Waals surface area contributed by atoms with E-state index in [1.54, 1.807) is 0 Å².